The number of hydrogen-bond acceptors (Lipinski definition) is 2. The van der Waals surface area contributed by atoms with Crippen molar-refractivity contribution in [2.24, 2.45) is 0 Å². The van der Waals surface area contributed by atoms with Crippen molar-refractivity contribution in [2.45, 2.75) is 0 Å². The van der Waals surface area contributed by atoms with E-state index in [4.69, 9.17) is 0 Å². The van der Waals surface area contributed by atoms with Gasteiger partial charge >= 0.3 is 0 Å². The second kappa shape index (κ2) is 4.53. The van der Waals surface area contributed by atoms with Crippen molar-refractivity contribution in [3.63, 3.8) is 0 Å². The molecule has 0 spiro atoms. The number of carbonyl (C=O) groups excluding carboxylic acids is 1. The molecule has 1 aromatic carbocycles. The van der Waals surface area contributed by atoms with Gasteiger partial charge in [-0.3, -0.25) is 9.78 Å². The predicted molar refractivity (Wildman–Crippen MR) is 58.6 cm³/mol. The van der Waals surface area contributed by atoms with Crippen molar-refractivity contribution in [3.05, 3.63) is 60.2 Å². The number of pyridine rings is 1. The van der Waals surface area contributed by atoms with Gasteiger partial charge in [0.15, 0.2) is 0 Å². The second-order valence-electron chi connectivity index (χ2n) is 3.20. The number of halogens is 1. The molecule has 4 heteroatoms. The van der Waals surface area contributed by atoms with E-state index in [9.17, 15) is 9.18 Å². The second-order valence-corrected chi connectivity index (χ2v) is 3.20. The van der Waals surface area contributed by atoms with Crippen LogP contribution in [0.4, 0.5) is 10.1 Å². The molecule has 0 aliphatic carbocycles. The summed E-state index contributed by atoms with van der Waals surface area (Å²) in [4.78, 5) is 15.5. The zero-order valence-corrected chi connectivity index (χ0v) is 8.35. The number of carbonyl (C=O) groups is 1. The minimum absolute atomic E-state index is 0.242. The average Bonchev–Trinajstić information content (AvgIpc) is 2.33. The highest BCUT2D eigenvalue weighted by molar-refractivity contribution is 6.04. The van der Waals surface area contributed by atoms with Gasteiger partial charge in [-0.05, 0) is 36.4 Å². The summed E-state index contributed by atoms with van der Waals surface area (Å²) in [6.45, 7) is 0. The summed E-state index contributed by atoms with van der Waals surface area (Å²) in [5.41, 5.74) is 1.07. The van der Waals surface area contributed by atoms with Crippen LogP contribution in [-0.4, -0.2) is 10.9 Å². The number of hydrogen-bond donors (Lipinski definition) is 1. The van der Waals surface area contributed by atoms with Crippen LogP contribution < -0.4 is 5.32 Å². The van der Waals surface area contributed by atoms with Gasteiger partial charge < -0.3 is 5.32 Å². The fourth-order valence-electron chi connectivity index (χ4n) is 1.24. The largest absolute Gasteiger partial charge is 0.322 e. The monoisotopic (exact) mass is 216 g/mol. The number of aromatic nitrogens is 1. The van der Waals surface area contributed by atoms with Crippen molar-refractivity contribution in [3.8, 4) is 0 Å². The van der Waals surface area contributed by atoms with Gasteiger partial charge in [0.1, 0.15) is 5.82 Å². The number of anilines is 1. The van der Waals surface area contributed by atoms with Gasteiger partial charge in [-0.15, -0.1) is 0 Å². The Bertz CT molecular complexity index is 482. The Kier molecular flexibility index (Phi) is 2.91. The van der Waals surface area contributed by atoms with E-state index in [0.717, 1.165) is 0 Å². The number of rotatable bonds is 2. The third-order valence-electron chi connectivity index (χ3n) is 2.04. The van der Waals surface area contributed by atoms with Crippen molar-refractivity contribution < 1.29 is 9.18 Å². The topological polar surface area (TPSA) is 42.0 Å². The van der Waals surface area contributed by atoms with E-state index in [1.54, 1.807) is 24.5 Å². The van der Waals surface area contributed by atoms with Gasteiger partial charge in [-0.25, -0.2) is 4.39 Å². The molecule has 3 nitrogen and oxygen atoms in total. The number of benzene rings is 1. The van der Waals surface area contributed by atoms with E-state index < -0.39 is 0 Å². The number of nitrogens with one attached hydrogen (secondary N) is 1. The van der Waals surface area contributed by atoms with E-state index in [2.05, 4.69) is 10.3 Å². The van der Waals surface area contributed by atoms with Crippen LogP contribution in [0.2, 0.25) is 0 Å². The van der Waals surface area contributed by atoms with Crippen molar-refractivity contribution in [2.75, 3.05) is 5.32 Å². The van der Waals surface area contributed by atoms with E-state index in [1.807, 2.05) is 0 Å². The van der Waals surface area contributed by atoms with Crippen LogP contribution in [0, 0.1) is 5.82 Å². The van der Waals surface area contributed by atoms with Gasteiger partial charge in [0.2, 0.25) is 0 Å². The summed E-state index contributed by atoms with van der Waals surface area (Å²) in [5.74, 6) is -0.573. The summed E-state index contributed by atoms with van der Waals surface area (Å²) >= 11 is 0. The van der Waals surface area contributed by atoms with Crippen LogP contribution in [0.5, 0.6) is 0 Å². The first-order valence-electron chi connectivity index (χ1n) is 4.72. The first kappa shape index (κ1) is 10.3. The lowest BCUT2D eigenvalue weighted by molar-refractivity contribution is 0.102. The van der Waals surface area contributed by atoms with E-state index in [-0.39, 0.29) is 11.7 Å². The highest BCUT2D eigenvalue weighted by Gasteiger charge is 2.04. The average molecular weight is 216 g/mol. The quantitative estimate of drug-likeness (QED) is 0.837. The molecule has 1 aromatic heterocycles. The Morgan fingerprint density at radius 1 is 1.06 bits per heavy atom. The molecule has 0 aliphatic rings. The fourth-order valence-corrected chi connectivity index (χ4v) is 1.24. The summed E-state index contributed by atoms with van der Waals surface area (Å²) in [6, 6.07) is 8.82. The molecule has 0 bridgehead atoms. The van der Waals surface area contributed by atoms with Crippen LogP contribution in [0.3, 0.4) is 0 Å². The minimum atomic E-state index is -0.332. The first-order valence-corrected chi connectivity index (χ1v) is 4.72. The molecule has 2 aromatic rings. The lowest BCUT2D eigenvalue weighted by atomic mass is 10.2. The van der Waals surface area contributed by atoms with Gasteiger partial charge in [0.25, 0.3) is 5.91 Å². The van der Waals surface area contributed by atoms with Crippen LogP contribution in [0.15, 0.2) is 48.8 Å². The molecule has 0 aliphatic heterocycles. The molecule has 0 fully saturated rings. The van der Waals surface area contributed by atoms with Crippen molar-refractivity contribution >= 4 is 11.6 Å². The molecule has 16 heavy (non-hydrogen) atoms. The summed E-state index contributed by atoms with van der Waals surface area (Å²) < 4.78 is 12.6. The first-order chi connectivity index (χ1) is 7.75. The summed E-state index contributed by atoms with van der Waals surface area (Å²) in [5, 5.41) is 2.65. The maximum atomic E-state index is 12.6. The summed E-state index contributed by atoms with van der Waals surface area (Å²) in [7, 11) is 0. The molecule has 0 saturated carbocycles. The summed E-state index contributed by atoms with van der Waals surface area (Å²) in [6.07, 6.45) is 3.08. The molecular weight excluding hydrogens is 207 g/mol. The molecule has 2 rings (SSSR count). The lowest BCUT2D eigenvalue weighted by Crippen LogP contribution is -2.11. The molecule has 1 heterocycles. The number of amides is 1. The van der Waals surface area contributed by atoms with E-state index in [1.165, 1.54) is 24.3 Å². The van der Waals surface area contributed by atoms with Crippen molar-refractivity contribution in [1.29, 1.82) is 0 Å². The Morgan fingerprint density at radius 2 is 1.69 bits per heavy atom. The molecule has 80 valence electrons. The Balaban J connectivity index is 2.11. The van der Waals surface area contributed by atoms with Crippen LogP contribution in [0.1, 0.15) is 10.4 Å². The smallest absolute Gasteiger partial charge is 0.255 e. The van der Waals surface area contributed by atoms with Crippen LogP contribution >= 0.6 is 0 Å². The Morgan fingerprint density at radius 3 is 2.31 bits per heavy atom. The van der Waals surface area contributed by atoms with Gasteiger partial charge in [-0.2, -0.15) is 0 Å². The van der Waals surface area contributed by atoms with Crippen LogP contribution in [-0.2, 0) is 0 Å². The van der Waals surface area contributed by atoms with Crippen LogP contribution in [0.25, 0.3) is 0 Å². The molecular formula is C12H9FN2O. The highest BCUT2D eigenvalue weighted by atomic mass is 19.1. The minimum Gasteiger partial charge on any atom is -0.322 e. The molecule has 1 amide bonds. The molecule has 0 saturated heterocycles. The van der Waals surface area contributed by atoms with E-state index in [0.29, 0.717) is 11.3 Å². The Hall–Kier alpha value is -2.23. The standard InChI is InChI=1S/C12H9FN2O/c13-10-1-3-11(4-2-10)15-12(16)9-5-7-14-8-6-9/h1-8H,(H,15,16). The molecule has 1 N–H and O–H groups in total. The van der Waals surface area contributed by atoms with Crippen molar-refractivity contribution in [1.82, 2.24) is 4.98 Å². The zero-order valence-electron chi connectivity index (χ0n) is 8.35. The predicted octanol–water partition coefficient (Wildman–Crippen LogP) is 2.47. The number of nitrogens with zero attached hydrogens (tertiary/aromatic N) is 1. The van der Waals surface area contributed by atoms with Gasteiger partial charge in [0, 0.05) is 23.6 Å². The SMILES string of the molecule is O=C(Nc1ccc(F)cc1)c1ccncc1. The molecule has 0 radical (unpaired) electrons. The third-order valence-corrected chi connectivity index (χ3v) is 2.04. The van der Waals surface area contributed by atoms with Gasteiger partial charge in [0.05, 0.1) is 0 Å². The Labute approximate surface area is 92.0 Å². The lowest BCUT2D eigenvalue weighted by Gasteiger charge is -2.04. The molecule has 0 unspecified atom stereocenters. The maximum absolute atomic E-state index is 12.6. The zero-order chi connectivity index (χ0) is 11.4. The normalized spacial score (nSPS) is 9.81. The highest BCUT2D eigenvalue weighted by Crippen LogP contribution is 2.09. The van der Waals surface area contributed by atoms with E-state index >= 15 is 0 Å². The molecule has 0 atom stereocenters. The fraction of sp³-hybridized carbons (Fsp3) is 0. The third kappa shape index (κ3) is 2.42. The maximum Gasteiger partial charge on any atom is 0.255 e. The van der Waals surface area contributed by atoms with Gasteiger partial charge in [-0.1, -0.05) is 0 Å².